The lowest BCUT2D eigenvalue weighted by atomic mass is 10.0. The van der Waals surface area contributed by atoms with Crippen molar-refractivity contribution in [2.75, 3.05) is 29.9 Å². The van der Waals surface area contributed by atoms with Gasteiger partial charge in [-0.1, -0.05) is 41.0 Å². The summed E-state index contributed by atoms with van der Waals surface area (Å²) in [4.78, 5) is 26.3. The van der Waals surface area contributed by atoms with Crippen LogP contribution in [0.5, 0.6) is 17.2 Å². The Kier molecular flexibility index (Phi) is 12.0. The molecule has 11 nitrogen and oxygen atoms in total. The monoisotopic (exact) mass is 760 g/mol. The molecule has 0 saturated heterocycles. The van der Waals surface area contributed by atoms with Crippen LogP contribution in [0.1, 0.15) is 53.3 Å². The number of thioether (sulfide) groups is 1. The number of rotatable bonds is 17. The number of halogens is 4. The smallest absolute Gasteiger partial charge is 0.387 e. The molecule has 1 N–H and O–H groups in total. The normalized spacial score (nSPS) is 15.1. The van der Waals surface area contributed by atoms with Crippen LogP contribution in [0.15, 0.2) is 48.8 Å². The largest absolute Gasteiger partial charge is 0.619 e. The molecule has 3 aromatic rings. The van der Waals surface area contributed by atoms with Crippen LogP contribution in [-0.2, 0) is 26.0 Å². The highest BCUT2D eigenvalue weighted by atomic mass is 35.5. The number of alkyl halides is 2. The van der Waals surface area contributed by atoms with E-state index in [0.717, 1.165) is 44.3 Å². The second kappa shape index (κ2) is 16.0. The van der Waals surface area contributed by atoms with Gasteiger partial charge in [0.2, 0.25) is 15.1 Å². The van der Waals surface area contributed by atoms with E-state index in [1.807, 2.05) is 0 Å². The summed E-state index contributed by atoms with van der Waals surface area (Å²) in [5, 5.41) is 11.3. The topological polar surface area (TPSA) is 144 Å². The zero-order valence-electron chi connectivity index (χ0n) is 26.0. The van der Waals surface area contributed by atoms with Gasteiger partial charge in [0, 0.05) is 17.5 Å². The molecule has 0 spiro atoms. The maximum Gasteiger partial charge on any atom is 0.387 e. The van der Waals surface area contributed by atoms with E-state index >= 15 is 0 Å². The highest BCUT2D eigenvalue weighted by Gasteiger charge is 2.27. The Hall–Kier alpha value is -3.53. The van der Waals surface area contributed by atoms with E-state index in [-0.39, 0.29) is 57.1 Å². The molecule has 0 aliphatic heterocycles. The second-order valence-corrected chi connectivity index (χ2v) is 15.2. The zero-order valence-corrected chi connectivity index (χ0v) is 29.2. The molecule has 1 aromatic heterocycles. The average Bonchev–Trinajstić information content (AvgIpc) is 3.95. The van der Waals surface area contributed by atoms with Crippen LogP contribution in [0, 0.1) is 17.0 Å². The average molecular weight is 762 g/mol. The molecule has 2 aliphatic rings. The highest BCUT2D eigenvalue weighted by Crippen LogP contribution is 2.38. The fourth-order valence-electron chi connectivity index (χ4n) is 4.61. The third-order valence-electron chi connectivity index (χ3n) is 7.45. The van der Waals surface area contributed by atoms with E-state index < -0.39 is 39.6 Å². The molecule has 2 fully saturated rings. The molecular formula is C32H32Cl2F2N2O9S2. The Morgan fingerprint density at radius 1 is 0.980 bits per heavy atom. The lowest BCUT2D eigenvalue weighted by Gasteiger charge is -2.21. The summed E-state index contributed by atoms with van der Waals surface area (Å²) in [6, 6.07) is 8.35. The number of sulfonamides is 1. The molecule has 0 unspecified atom stereocenters. The van der Waals surface area contributed by atoms with E-state index in [1.165, 1.54) is 36.4 Å². The van der Waals surface area contributed by atoms with Gasteiger partial charge >= 0.3 is 12.6 Å². The van der Waals surface area contributed by atoms with E-state index in [4.69, 9.17) is 37.4 Å². The Morgan fingerprint density at radius 2 is 1.61 bits per heavy atom. The number of carbonyl (C=O) groups is 2. The summed E-state index contributed by atoms with van der Waals surface area (Å²) in [6.45, 7) is -2.46. The zero-order chi connectivity index (χ0) is 35.3. The van der Waals surface area contributed by atoms with Gasteiger partial charge in [0.1, 0.15) is 21.9 Å². The minimum absolute atomic E-state index is 0.00415. The van der Waals surface area contributed by atoms with Crippen molar-refractivity contribution in [3.05, 3.63) is 80.7 Å². The SMILES string of the molecule is CS(=O)(=O)Nc1ccc(C(=O)SCC(=O)O[C@@H](Cc2c(Cl)c[n+]([O-])cc2Cl)c2ccc(OC(F)F)c(OCC3CC3)c2)cc1OCC1CC1. The van der Waals surface area contributed by atoms with Gasteiger partial charge in [-0.3, -0.25) is 14.3 Å². The number of anilines is 1. The van der Waals surface area contributed by atoms with Crippen molar-refractivity contribution in [2.24, 2.45) is 11.8 Å². The lowest BCUT2D eigenvalue weighted by molar-refractivity contribution is -0.605. The standard InChI is InChI=1S/C32H32Cl2F2N2O9S2/c1-49(42,43)37-25-8-6-21(11-28(25)44-15-18-2-3-18)31(40)48-17-30(39)46-27(12-22-23(33)13-38(41)14-24(22)34)20-7-9-26(47-32(35)36)29(10-20)45-16-19-4-5-19/h6-11,13-14,18-19,27,32,37H,2-5,12,15-17H2,1H3/t27-/m0/s1. The van der Waals surface area contributed by atoms with Crippen molar-refractivity contribution in [1.82, 2.24) is 0 Å². The summed E-state index contributed by atoms with van der Waals surface area (Å²) < 4.78 is 74.7. The number of carbonyl (C=O) groups excluding carboxylic acids is 2. The van der Waals surface area contributed by atoms with Gasteiger partial charge in [-0.05, 0) is 73.4 Å². The number of aromatic nitrogens is 1. The van der Waals surface area contributed by atoms with Gasteiger partial charge in [0.15, 0.2) is 23.9 Å². The number of nitrogens with one attached hydrogen (secondary N) is 1. The number of benzene rings is 2. The Bertz CT molecular complexity index is 1790. The quantitative estimate of drug-likeness (QED) is 0.0911. The van der Waals surface area contributed by atoms with Gasteiger partial charge in [0.05, 0.1) is 30.9 Å². The molecule has 2 saturated carbocycles. The molecular weight excluding hydrogens is 729 g/mol. The summed E-state index contributed by atoms with van der Waals surface area (Å²) >= 11 is 13.3. The maximum atomic E-state index is 13.2. The molecule has 2 aliphatic carbocycles. The van der Waals surface area contributed by atoms with E-state index in [0.29, 0.717) is 40.5 Å². The highest BCUT2D eigenvalue weighted by molar-refractivity contribution is 8.14. The summed E-state index contributed by atoms with van der Waals surface area (Å²) in [7, 11) is -3.62. The van der Waals surface area contributed by atoms with Crippen LogP contribution in [0.4, 0.5) is 14.5 Å². The maximum absolute atomic E-state index is 13.2. The Morgan fingerprint density at radius 3 is 2.20 bits per heavy atom. The van der Waals surface area contributed by atoms with Crippen molar-refractivity contribution in [2.45, 2.75) is 44.8 Å². The summed E-state index contributed by atoms with van der Waals surface area (Å²) in [5.74, 6) is -0.580. The third-order valence-corrected chi connectivity index (χ3v) is 9.57. The Balaban J connectivity index is 1.33. The first-order valence-electron chi connectivity index (χ1n) is 15.1. The van der Waals surface area contributed by atoms with E-state index in [1.54, 1.807) is 0 Å². The van der Waals surface area contributed by atoms with E-state index in [9.17, 15) is 32.0 Å². The molecule has 264 valence electrons. The molecule has 1 atom stereocenters. The minimum atomic E-state index is -3.62. The molecule has 2 aromatic carbocycles. The first kappa shape index (κ1) is 36.7. The predicted octanol–water partition coefficient (Wildman–Crippen LogP) is 6.58. The van der Waals surface area contributed by atoms with Crippen LogP contribution in [0.3, 0.4) is 0 Å². The number of ether oxygens (including phenoxy) is 4. The fraction of sp³-hybridized carbons (Fsp3) is 0.406. The number of pyridine rings is 1. The van der Waals surface area contributed by atoms with Gasteiger partial charge in [-0.2, -0.15) is 13.5 Å². The van der Waals surface area contributed by atoms with Crippen molar-refractivity contribution in [3.63, 3.8) is 0 Å². The van der Waals surface area contributed by atoms with Crippen molar-refractivity contribution in [3.8, 4) is 17.2 Å². The Labute approximate surface area is 295 Å². The molecule has 0 amide bonds. The molecule has 0 radical (unpaired) electrons. The van der Waals surface area contributed by atoms with Crippen LogP contribution in [-0.4, -0.2) is 51.3 Å². The van der Waals surface area contributed by atoms with Gasteiger partial charge < -0.3 is 24.2 Å². The lowest BCUT2D eigenvalue weighted by Crippen LogP contribution is -2.25. The number of esters is 1. The van der Waals surface area contributed by atoms with Crippen molar-refractivity contribution >= 4 is 61.8 Å². The second-order valence-electron chi connectivity index (χ2n) is 11.7. The molecule has 17 heteroatoms. The third kappa shape index (κ3) is 11.2. The molecule has 0 bridgehead atoms. The van der Waals surface area contributed by atoms with Crippen LogP contribution >= 0.6 is 35.0 Å². The summed E-state index contributed by atoms with van der Waals surface area (Å²) in [5.41, 5.74) is 0.958. The minimum Gasteiger partial charge on any atom is -0.619 e. The number of hydrogen-bond donors (Lipinski definition) is 1. The number of nitrogens with zero attached hydrogens (tertiary/aromatic N) is 1. The molecule has 1 heterocycles. The first-order chi connectivity index (χ1) is 23.2. The van der Waals surface area contributed by atoms with Gasteiger partial charge in [-0.15, -0.1) is 0 Å². The van der Waals surface area contributed by atoms with Gasteiger partial charge in [0.25, 0.3) is 0 Å². The van der Waals surface area contributed by atoms with Crippen molar-refractivity contribution in [1.29, 1.82) is 0 Å². The van der Waals surface area contributed by atoms with Crippen molar-refractivity contribution < 1.29 is 50.5 Å². The van der Waals surface area contributed by atoms with Gasteiger partial charge in [-0.25, -0.2) is 8.42 Å². The fourth-order valence-corrected chi connectivity index (χ4v) is 6.38. The molecule has 49 heavy (non-hydrogen) atoms. The number of hydrogen-bond acceptors (Lipinski definition) is 10. The van der Waals surface area contributed by atoms with Crippen LogP contribution < -0.4 is 23.7 Å². The summed E-state index contributed by atoms with van der Waals surface area (Å²) in [6.07, 6.45) is 5.83. The van der Waals surface area contributed by atoms with Crippen LogP contribution in [0.2, 0.25) is 10.0 Å². The van der Waals surface area contributed by atoms with E-state index in [2.05, 4.69) is 9.46 Å². The predicted molar refractivity (Wildman–Crippen MR) is 179 cm³/mol. The van der Waals surface area contributed by atoms with Crippen LogP contribution in [0.25, 0.3) is 0 Å². The molecule has 5 rings (SSSR count). The first-order valence-corrected chi connectivity index (χ1v) is 18.8.